The Kier molecular flexibility index (Phi) is 6.44. The zero-order chi connectivity index (χ0) is 22.5. The van der Waals surface area contributed by atoms with Crippen molar-refractivity contribution in [3.63, 3.8) is 0 Å². The Balaban J connectivity index is 1.43. The van der Waals surface area contributed by atoms with Gasteiger partial charge in [0.2, 0.25) is 11.9 Å². The molecule has 1 aliphatic heterocycles. The summed E-state index contributed by atoms with van der Waals surface area (Å²) in [5.74, 6) is 2.01. The second kappa shape index (κ2) is 9.59. The second-order valence-corrected chi connectivity index (χ2v) is 7.56. The number of nitrogens with one attached hydrogen (secondary N) is 1. The first-order valence-electron chi connectivity index (χ1n) is 10.6. The van der Waals surface area contributed by atoms with Crippen LogP contribution < -0.4 is 15.0 Å². The van der Waals surface area contributed by atoms with Gasteiger partial charge in [0.1, 0.15) is 24.8 Å². The van der Waals surface area contributed by atoms with Gasteiger partial charge in [-0.25, -0.2) is 9.69 Å². The van der Waals surface area contributed by atoms with Gasteiger partial charge in [0.05, 0.1) is 17.8 Å². The van der Waals surface area contributed by atoms with Gasteiger partial charge in [-0.05, 0) is 50.1 Å². The third-order valence-corrected chi connectivity index (χ3v) is 5.22. The summed E-state index contributed by atoms with van der Waals surface area (Å²) in [6.45, 7) is 6.55. The molecule has 32 heavy (non-hydrogen) atoms. The molecule has 0 radical (unpaired) electrons. The van der Waals surface area contributed by atoms with Crippen molar-refractivity contribution >= 4 is 18.0 Å². The van der Waals surface area contributed by atoms with Gasteiger partial charge < -0.3 is 14.8 Å². The molecule has 1 N–H and O–H groups in total. The van der Waals surface area contributed by atoms with E-state index < -0.39 is 6.09 Å². The van der Waals surface area contributed by atoms with E-state index in [2.05, 4.69) is 25.3 Å². The predicted octanol–water partition coefficient (Wildman–Crippen LogP) is 4.06. The third kappa shape index (κ3) is 4.93. The molecule has 3 heterocycles. The summed E-state index contributed by atoms with van der Waals surface area (Å²) in [6, 6.07) is 13.4. The summed E-state index contributed by atoms with van der Waals surface area (Å²) in [7, 11) is 0. The number of hydrogen-bond acceptors (Lipinski definition) is 8. The number of cyclic esters (lactones) is 1. The quantitative estimate of drug-likeness (QED) is 0.566. The molecule has 1 saturated heterocycles. The third-order valence-electron chi connectivity index (χ3n) is 5.22. The predicted molar refractivity (Wildman–Crippen MR) is 120 cm³/mol. The van der Waals surface area contributed by atoms with E-state index in [4.69, 9.17) is 9.47 Å². The number of anilines is 2. The summed E-state index contributed by atoms with van der Waals surface area (Å²) in [5.41, 5.74) is 1.92. The molecule has 9 heteroatoms. The van der Waals surface area contributed by atoms with Crippen molar-refractivity contribution in [3.8, 4) is 5.75 Å². The molecule has 4 rings (SSSR count). The highest BCUT2D eigenvalue weighted by Gasteiger charge is 2.35. The van der Waals surface area contributed by atoms with Crippen molar-refractivity contribution in [1.29, 1.82) is 0 Å². The second-order valence-electron chi connectivity index (χ2n) is 7.56. The average molecular weight is 435 g/mol. The Labute approximate surface area is 186 Å². The minimum absolute atomic E-state index is 0.0676. The summed E-state index contributed by atoms with van der Waals surface area (Å²) < 4.78 is 11.0. The van der Waals surface area contributed by atoms with Crippen LogP contribution in [-0.4, -0.2) is 38.7 Å². The van der Waals surface area contributed by atoms with Crippen LogP contribution in [-0.2, 0) is 11.3 Å². The van der Waals surface area contributed by atoms with Crippen molar-refractivity contribution in [2.75, 3.05) is 16.8 Å². The van der Waals surface area contributed by atoms with Gasteiger partial charge in [-0.15, -0.1) is 0 Å². The number of carbonyl (C=O) groups excluding carboxylic acids is 1. The number of rotatable bonds is 8. The Morgan fingerprint density at radius 3 is 2.72 bits per heavy atom. The average Bonchev–Trinajstić information content (AvgIpc) is 3.19. The minimum Gasteiger partial charge on any atom is -0.487 e. The van der Waals surface area contributed by atoms with Gasteiger partial charge in [-0.3, -0.25) is 4.98 Å². The highest BCUT2D eigenvalue weighted by atomic mass is 16.6. The number of benzene rings is 1. The van der Waals surface area contributed by atoms with Gasteiger partial charge in [-0.1, -0.05) is 25.1 Å². The SMILES string of the molecule is CCC1COC(=O)N1c1nc(C)nc(N[C@H](C)c2ccc(OCc3ccccn3)cc2)n1. The lowest BCUT2D eigenvalue weighted by atomic mass is 10.1. The summed E-state index contributed by atoms with van der Waals surface area (Å²) in [4.78, 5) is 31.1. The molecule has 2 aromatic heterocycles. The molecular formula is C23H26N6O3. The molecule has 0 aliphatic carbocycles. The lowest BCUT2D eigenvalue weighted by Crippen LogP contribution is -2.34. The van der Waals surface area contributed by atoms with Gasteiger partial charge >= 0.3 is 6.09 Å². The number of nitrogens with zero attached hydrogens (tertiary/aromatic N) is 5. The highest BCUT2D eigenvalue weighted by Crippen LogP contribution is 2.24. The van der Waals surface area contributed by atoms with E-state index in [1.165, 1.54) is 4.90 Å². The largest absolute Gasteiger partial charge is 0.487 e. The monoisotopic (exact) mass is 434 g/mol. The van der Waals surface area contributed by atoms with Crippen molar-refractivity contribution in [2.45, 2.75) is 45.9 Å². The molecule has 1 amide bonds. The van der Waals surface area contributed by atoms with E-state index in [0.717, 1.165) is 23.4 Å². The van der Waals surface area contributed by atoms with Crippen molar-refractivity contribution in [2.24, 2.45) is 0 Å². The number of ether oxygens (including phenoxy) is 2. The first-order chi connectivity index (χ1) is 15.5. The van der Waals surface area contributed by atoms with Crippen molar-refractivity contribution in [1.82, 2.24) is 19.9 Å². The van der Waals surface area contributed by atoms with Crippen LogP contribution in [0.3, 0.4) is 0 Å². The molecule has 0 spiro atoms. The number of carbonyl (C=O) groups is 1. The van der Waals surface area contributed by atoms with E-state index in [-0.39, 0.29) is 12.1 Å². The summed E-state index contributed by atoms with van der Waals surface area (Å²) >= 11 is 0. The first-order valence-corrected chi connectivity index (χ1v) is 10.6. The van der Waals surface area contributed by atoms with Crippen LogP contribution in [0.4, 0.5) is 16.7 Å². The number of aromatic nitrogens is 4. The molecule has 0 bridgehead atoms. The summed E-state index contributed by atoms with van der Waals surface area (Å²) in [5, 5.41) is 3.30. The van der Waals surface area contributed by atoms with Crippen LogP contribution in [0.2, 0.25) is 0 Å². The van der Waals surface area contributed by atoms with Crippen LogP contribution in [0.1, 0.15) is 43.4 Å². The number of aryl methyl sites for hydroxylation is 1. The van der Waals surface area contributed by atoms with Gasteiger partial charge in [0.15, 0.2) is 0 Å². The smallest absolute Gasteiger partial charge is 0.417 e. The lowest BCUT2D eigenvalue weighted by Gasteiger charge is -2.20. The van der Waals surface area contributed by atoms with Crippen LogP contribution in [0.25, 0.3) is 0 Å². The fourth-order valence-corrected chi connectivity index (χ4v) is 3.42. The minimum atomic E-state index is -0.428. The Morgan fingerprint density at radius 2 is 2.00 bits per heavy atom. The molecule has 1 fully saturated rings. The highest BCUT2D eigenvalue weighted by molar-refractivity contribution is 5.88. The van der Waals surface area contributed by atoms with Gasteiger partial charge in [-0.2, -0.15) is 15.0 Å². The molecule has 1 aromatic carbocycles. The standard InChI is InChI=1S/C23H26N6O3/c1-4-19-14-32-23(30)29(19)22-27-16(3)26-21(28-22)25-15(2)17-8-10-20(11-9-17)31-13-18-7-5-6-12-24-18/h5-12,15,19H,4,13-14H2,1-3H3,(H,25,26,27,28)/t15-,19?/m1/s1. The van der Waals surface area contributed by atoms with E-state index in [9.17, 15) is 4.79 Å². The van der Waals surface area contributed by atoms with Crippen molar-refractivity contribution in [3.05, 3.63) is 65.7 Å². The van der Waals surface area contributed by atoms with Crippen LogP contribution in [0.15, 0.2) is 48.7 Å². The van der Waals surface area contributed by atoms with E-state index >= 15 is 0 Å². The van der Waals surface area contributed by atoms with Gasteiger partial charge in [0, 0.05) is 6.20 Å². The fourth-order valence-electron chi connectivity index (χ4n) is 3.42. The zero-order valence-electron chi connectivity index (χ0n) is 18.4. The number of amides is 1. The molecule has 166 valence electrons. The van der Waals surface area contributed by atoms with Crippen molar-refractivity contribution < 1.29 is 14.3 Å². The van der Waals surface area contributed by atoms with E-state index in [1.807, 2.05) is 56.3 Å². The Hall–Kier alpha value is -3.75. The Morgan fingerprint density at radius 1 is 1.19 bits per heavy atom. The van der Waals surface area contributed by atoms with E-state index in [0.29, 0.717) is 30.9 Å². The topological polar surface area (TPSA) is 102 Å². The first kappa shape index (κ1) is 21.5. The molecule has 3 aromatic rings. The normalized spacial score (nSPS) is 16.5. The lowest BCUT2D eigenvalue weighted by molar-refractivity contribution is 0.178. The molecule has 0 saturated carbocycles. The molecule has 1 unspecified atom stereocenters. The summed E-state index contributed by atoms with van der Waals surface area (Å²) in [6.07, 6.45) is 2.07. The molecular weight excluding hydrogens is 408 g/mol. The van der Waals surface area contributed by atoms with Crippen LogP contribution >= 0.6 is 0 Å². The number of hydrogen-bond donors (Lipinski definition) is 1. The Bertz CT molecular complexity index is 1060. The number of pyridine rings is 1. The van der Waals surface area contributed by atoms with E-state index in [1.54, 1.807) is 13.1 Å². The van der Waals surface area contributed by atoms with Crippen LogP contribution in [0.5, 0.6) is 5.75 Å². The molecule has 1 aliphatic rings. The molecule has 2 atom stereocenters. The maximum absolute atomic E-state index is 12.2. The fraction of sp³-hybridized carbons (Fsp3) is 0.348. The molecule has 9 nitrogen and oxygen atoms in total. The van der Waals surface area contributed by atoms with Crippen LogP contribution in [0, 0.1) is 6.92 Å². The van der Waals surface area contributed by atoms with Gasteiger partial charge in [0.25, 0.3) is 0 Å². The maximum Gasteiger partial charge on any atom is 0.417 e. The maximum atomic E-state index is 12.2. The zero-order valence-corrected chi connectivity index (χ0v) is 18.4.